The van der Waals surface area contributed by atoms with Crippen LogP contribution in [0.25, 0.3) is 0 Å². The Labute approximate surface area is 120 Å². The van der Waals surface area contributed by atoms with E-state index in [0.29, 0.717) is 42.5 Å². The second-order valence-corrected chi connectivity index (χ2v) is 5.09. The van der Waals surface area contributed by atoms with Crippen LogP contribution in [-0.4, -0.2) is 43.8 Å². The van der Waals surface area contributed by atoms with Gasteiger partial charge in [-0.1, -0.05) is 11.6 Å². The lowest BCUT2D eigenvalue weighted by atomic mass is 10.1. The van der Waals surface area contributed by atoms with Gasteiger partial charge in [0.1, 0.15) is 6.07 Å². The van der Waals surface area contributed by atoms with Crippen LogP contribution in [0.2, 0.25) is 5.02 Å². The third-order valence-corrected chi connectivity index (χ3v) is 3.43. The summed E-state index contributed by atoms with van der Waals surface area (Å²) in [7, 11) is 0. The van der Waals surface area contributed by atoms with Crippen LogP contribution in [-0.2, 0) is 0 Å². The molecular formula is C13H13ClF3N3. The molecule has 0 atom stereocenters. The molecule has 20 heavy (non-hydrogen) atoms. The van der Waals surface area contributed by atoms with Crippen molar-refractivity contribution in [1.29, 1.82) is 5.26 Å². The summed E-state index contributed by atoms with van der Waals surface area (Å²) in [6.45, 7) is 0.644. The number of piperazine rings is 1. The lowest BCUT2D eigenvalue weighted by molar-refractivity contribution is -0.146. The fourth-order valence-electron chi connectivity index (χ4n) is 2.26. The van der Waals surface area contributed by atoms with Crippen molar-refractivity contribution in [3.63, 3.8) is 0 Å². The lowest BCUT2D eigenvalue weighted by Gasteiger charge is -2.36. The van der Waals surface area contributed by atoms with Crippen molar-refractivity contribution in [2.24, 2.45) is 0 Å². The number of hydrogen-bond acceptors (Lipinski definition) is 3. The molecule has 1 saturated heterocycles. The van der Waals surface area contributed by atoms with Gasteiger partial charge in [0, 0.05) is 31.2 Å². The molecule has 0 aliphatic carbocycles. The highest BCUT2D eigenvalue weighted by Crippen LogP contribution is 2.26. The number of alkyl halides is 3. The van der Waals surface area contributed by atoms with Crippen molar-refractivity contribution >= 4 is 17.3 Å². The first-order chi connectivity index (χ1) is 9.39. The zero-order chi connectivity index (χ0) is 14.8. The molecule has 1 aliphatic rings. The molecular weight excluding hydrogens is 291 g/mol. The fourth-order valence-corrected chi connectivity index (χ4v) is 2.43. The standard InChI is InChI=1S/C13H13ClF3N3/c14-11-2-1-10(8-18)12(7-11)20-5-3-19(4-6-20)9-13(15,16)17/h1-2,7H,3-6,9H2. The molecule has 3 nitrogen and oxygen atoms in total. The minimum Gasteiger partial charge on any atom is -0.368 e. The van der Waals surface area contributed by atoms with E-state index in [1.807, 2.05) is 4.90 Å². The Morgan fingerprint density at radius 2 is 1.85 bits per heavy atom. The van der Waals surface area contributed by atoms with E-state index in [1.54, 1.807) is 18.2 Å². The quantitative estimate of drug-likeness (QED) is 0.841. The number of halogens is 4. The zero-order valence-corrected chi connectivity index (χ0v) is 11.4. The highest BCUT2D eigenvalue weighted by molar-refractivity contribution is 6.30. The van der Waals surface area contributed by atoms with Crippen molar-refractivity contribution in [2.45, 2.75) is 6.18 Å². The zero-order valence-electron chi connectivity index (χ0n) is 10.6. The molecule has 0 radical (unpaired) electrons. The van der Waals surface area contributed by atoms with E-state index >= 15 is 0 Å². The molecule has 0 aromatic heterocycles. The highest BCUT2D eigenvalue weighted by Gasteiger charge is 2.32. The molecule has 1 aliphatic heterocycles. The fraction of sp³-hybridized carbons (Fsp3) is 0.462. The summed E-state index contributed by atoms with van der Waals surface area (Å²) in [6.07, 6.45) is -4.17. The minimum atomic E-state index is -4.17. The van der Waals surface area contributed by atoms with Crippen LogP contribution in [0.1, 0.15) is 5.56 Å². The topological polar surface area (TPSA) is 30.3 Å². The van der Waals surface area contributed by atoms with E-state index in [0.717, 1.165) is 0 Å². The van der Waals surface area contributed by atoms with Crippen molar-refractivity contribution in [1.82, 2.24) is 4.90 Å². The number of hydrogen-bond donors (Lipinski definition) is 0. The van der Waals surface area contributed by atoms with Crippen LogP contribution in [0.5, 0.6) is 0 Å². The molecule has 2 rings (SSSR count). The van der Waals surface area contributed by atoms with Gasteiger partial charge in [-0.15, -0.1) is 0 Å². The third-order valence-electron chi connectivity index (χ3n) is 3.20. The molecule has 0 amide bonds. The van der Waals surface area contributed by atoms with Crippen molar-refractivity contribution < 1.29 is 13.2 Å². The monoisotopic (exact) mass is 303 g/mol. The first-order valence-electron chi connectivity index (χ1n) is 6.13. The SMILES string of the molecule is N#Cc1ccc(Cl)cc1N1CCN(CC(F)(F)F)CC1. The molecule has 0 bridgehead atoms. The van der Waals surface area contributed by atoms with Crippen LogP contribution in [0, 0.1) is 11.3 Å². The largest absolute Gasteiger partial charge is 0.401 e. The molecule has 0 unspecified atom stereocenters. The van der Waals surface area contributed by atoms with Gasteiger partial charge in [0.15, 0.2) is 0 Å². The van der Waals surface area contributed by atoms with Gasteiger partial charge in [0.2, 0.25) is 0 Å². The van der Waals surface area contributed by atoms with E-state index in [4.69, 9.17) is 16.9 Å². The molecule has 0 spiro atoms. The molecule has 1 aromatic rings. The van der Waals surface area contributed by atoms with E-state index in [9.17, 15) is 13.2 Å². The van der Waals surface area contributed by atoms with E-state index in [1.165, 1.54) is 4.90 Å². The maximum Gasteiger partial charge on any atom is 0.401 e. The average molecular weight is 304 g/mol. The first kappa shape index (κ1) is 14.9. The number of benzene rings is 1. The van der Waals surface area contributed by atoms with Gasteiger partial charge < -0.3 is 4.90 Å². The van der Waals surface area contributed by atoms with Gasteiger partial charge in [-0.25, -0.2) is 0 Å². The Morgan fingerprint density at radius 3 is 2.40 bits per heavy atom. The molecule has 7 heteroatoms. The molecule has 1 fully saturated rings. The van der Waals surface area contributed by atoms with E-state index < -0.39 is 12.7 Å². The normalized spacial score (nSPS) is 17.1. The molecule has 1 aromatic carbocycles. The summed E-state index contributed by atoms with van der Waals surface area (Å²) in [5.41, 5.74) is 1.17. The molecule has 1 heterocycles. The minimum absolute atomic E-state index is 0.316. The Hall–Kier alpha value is -1.45. The Morgan fingerprint density at radius 1 is 1.20 bits per heavy atom. The van der Waals surface area contributed by atoms with Crippen LogP contribution < -0.4 is 4.90 Å². The number of nitriles is 1. The Kier molecular flexibility index (Phi) is 4.41. The van der Waals surface area contributed by atoms with Crippen molar-refractivity contribution in [3.05, 3.63) is 28.8 Å². The van der Waals surface area contributed by atoms with E-state index in [2.05, 4.69) is 6.07 Å². The number of nitrogens with zero attached hydrogens (tertiary/aromatic N) is 3. The summed E-state index contributed by atoms with van der Waals surface area (Å²) in [4.78, 5) is 3.27. The van der Waals surface area contributed by atoms with Gasteiger partial charge in [0.05, 0.1) is 17.8 Å². The van der Waals surface area contributed by atoms with Crippen LogP contribution in [0.15, 0.2) is 18.2 Å². The summed E-state index contributed by atoms with van der Waals surface area (Å²) in [5, 5.41) is 9.58. The van der Waals surface area contributed by atoms with Gasteiger partial charge in [-0.3, -0.25) is 4.90 Å². The van der Waals surface area contributed by atoms with Crippen LogP contribution in [0.3, 0.4) is 0 Å². The second-order valence-electron chi connectivity index (χ2n) is 4.65. The predicted octanol–water partition coefficient (Wildman–Crippen LogP) is 2.90. The summed E-state index contributed by atoms with van der Waals surface area (Å²) in [5.74, 6) is 0. The first-order valence-corrected chi connectivity index (χ1v) is 6.50. The van der Waals surface area contributed by atoms with Crippen LogP contribution >= 0.6 is 11.6 Å². The van der Waals surface area contributed by atoms with Gasteiger partial charge in [-0.05, 0) is 18.2 Å². The summed E-state index contributed by atoms with van der Waals surface area (Å²) < 4.78 is 36.9. The second kappa shape index (κ2) is 5.90. The van der Waals surface area contributed by atoms with Gasteiger partial charge in [0.25, 0.3) is 0 Å². The average Bonchev–Trinajstić information content (AvgIpc) is 2.38. The summed E-state index contributed by atoms with van der Waals surface area (Å²) in [6, 6.07) is 7.01. The van der Waals surface area contributed by atoms with Gasteiger partial charge >= 0.3 is 6.18 Å². The smallest absolute Gasteiger partial charge is 0.368 e. The number of rotatable bonds is 2. The third kappa shape index (κ3) is 3.78. The molecule has 0 N–H and O–H groups in total. The van der Waals surface area contributed by atoms with Crippen molar-refractivity contribution in [3.8, 4) is 6.07 Å². The maximum atomic E-state index is 12.3. The number of anilines is 1. The van der Waals surface area contributed by atoms with Gasteiger partial charge in [-0.2, -0.15) is 18.4 Å². The van der Waals surface area contributed by atoms with Crippen molar-refractivity contribution in [2.75, 3.05) is 37.6 Å². The Balaban J connectivity index is 2.04. The summed E-state index contributed by atoms with van der Waals surface area (Å²) >= 11 is 5.91. The molecule has 108 valence electrons. The predicted molar refractivity (Wildman–Crippen MR) is 70.9 cm³/mol. The lowest BCUT2D eigenvalue weighted by Crippen LogP contribution is -2.49. The Bertz CT molecular complexity index is 517. The maximum absolute atomic E-state index is 12.3. The van der Waals surface area contributed by atoms with E-state index in [-0.39, 0.29) is 0 Å². The highest BCUT2D eigenvalue weighted by atomic mass is 35.5. The van der Waals surface area contributed by atoms with Crippen LogP contribution in [0.4, 0.5) is 18.9 Å². The molecule has 0 saturated carbocycles.